The maximum absolute atomic E-state index is 13.0. The van der Waals surface area contributed by atoms with Gasteiger partial charge in [-0.1, -0.05) is 24.3 Å². The summed E-state index contributed by atoms with van der Waals surface area (Å²) in [7, 11) is -2.27. The fourth-order valence-electron chi connectivity index (χ4n) is 3.22. The summed E-state index contributed by atoms with van der Waals surface area (Å²) in [6.45, 7) is 3.20. The lowest BCUT2D eigenvalue weighted by Gasteiger charge is -2.34. The number of anilines is 1. The molecule has 8 heteroatoms. The molecular weight excluding hydrogens is 378 g/mol. The smallest absolute Gasteiger partial charge is 0.264 e. The highest BCUT2D eigenvalue weighted by molar-refractivity contribution is 7.92. The summed E-state index contributed by atoms with van der Waals surface area (Å²) >= 11 is 0. The number of β-amino-alcohol motifs (C(OH)–C–C–N with tert-alkyl or cyclic N) is 1. The van der Waals surface area contributed by atoms with Crippen LogP contribution in [0.3, 0.4) is 0 Å². The molecule has 3 rings (SSSR count). The van der Waals surface area contributed by atoms with Gasteiger partial charge in [0.15, 0.2) is 0 Å². The first-order chi connectivity index (χ1) is 13.4. The van der Waals surface area contributed by atoms with Crippen LogP contribution in [0.1, 0.15) is 10.4 Å². The van der Waals surface area contributed by atoms with Gasteiger partial charge in [0.2, 0.25) is 0 Å². The molecule has 1 fully saturated rings. The highest BCUT2D eigenvalue weighted by Crippen LogP contribution is 2.23. The zero-order valence-corrected chi connectivity index (χ0v) is 16.7. The van der Waals surface area contributed by atoms with Crippen molar-refractivity contribution in [2.24, 2.45) is 0 Å². The van der Waals surface area contributed by atoms with E-state index in [0.717, 1.165) is 0 Å². The maximum atomic E-state index is 13.0. The number of aliphatic hydroxyl groups excluding tert-OH is 1. The fourth-order valence-corrected chi connectivity index (χ4v) is 4.46. The van der Waals surface area contributed by atoms with E-state index in [1.54, 1.807) is 41.3 Å². The molecule has 0 radical (unpaired) electrons. The standard InChI is InChI=1S/C20H25N3O4S/c1-21(18-7-3-2-4-8-18)28(26,27)19-9-5-6-17(16-19)20(25)23-12-10-22(11-13-23)14-15-24/h2-9,16,24H,10-15H2,1H3. The van der Waals surface area contributed by atoms with Crippen molar-refractivity contribution in [1.82, 2.24) is 9.80 Å². The predicted molar refractivity (Wildman–Crippen MR) is 108 cm³/mol. The molecule has 1 amide bonds. The maximum Gasteiger partial charge on any atom is 0.264 e. The van der Waals surface area contributed by atoms with Crippen LogP contribution in [-0.4, -0.2) is 75.6 Å². The number of nitrogens with zero attached hydrogens (tertiary/aromatic N) is 3. The summed E-state index contributed by atoms with van der Waals surface area (Å²) < 4.78 is 27.2. The number of hydrogen-bond acceptors (Lipinski definition) is 5. The SMILES string of the molecule is CN(c1ccccc1)S(=O)(=O)c1cccc(C(=O)N2CCN(CCO)CC2)c1. The van der Waals surface area contributed by atoms with E-state index in [2.05, 4.69) is 4.90 Å². The van der Waals surface area contributed by atoms with Crippen molar-refractivity contribution < 1.29 is 18.3 Å². The van der Waals surface area contributed by atoms with Gasteiger partial charge in [-0.15, -0.1) is 0 Å². The van der Waals surface area contributed by atoms with Crippen LogP contribution in [0.25, 0.3) is 0 Å². The number of piperazine rings is 1. The zero-order valence-electron chi connectivity index (χ0n) is 15.9. The third kappa shape index (κ3) is 4.35. The van der Waals surface area contributed by atoms with Gasteiger partial charge in [0.25, 0.3) is 15.9 Å². The summed E-state index contributed by atoms with van der Waals surface area (Å²) in [5.41, 5.74) is 0.914. The highest BCUT2D eigenvalue weighted by atomic mass is 32.2. The number of amides is 1. The monoisotopic (exact) mass is 403 g/mol. The molecule has 1 N–H and O–H groups in total. The minimum absolute atomic E-state index is 0.0867. The molecule has 2 aromatic rings. The summed E-state index contributed by atoms with van der Waals surface area (Å²) in [4.78, 5) is 16.7. The molecule has 1 aliphatic rings. The van der Waals surface area contributed by atoms with Crippen molar-refractivity contribution >= 4 is 21.6 Å². The molecule has 0 saturated carbocycles. The Morgan fingerprint density at radius 3 is 2.36 bits per heavy atom. The number of sulfonamides is 1. The van der Waals surface area contributed by atoms with E-state index in [0.29, 0.717) is 44.0 Å². The van der Waals surface area contributed by atoms with Crippen LogP contribution in [0.5, 0.6) is 0 Å². The van der Waals surface area contributed by atoms with E-state index in [9.17, 15) is 13.2 Å². The Kier molecular flexibility index (Phi) is 6.33. The second-order valence-corrected chi connectivity index (χ2v) is 8.66. The van der Waals surface area contributed by atoms with Gasteiger partial charge < -0.3 is 10.0 Å². The summed E-state index contributed by atoms with van der Waals surface area (Å²) in [6.07, 6.45) is 0. The molecule has 0 aromatic heterocycles. The van der Waals surface area contributed by atoms with E-state index < -0.39 is 10.0 Å². The number of rotatable bonds is 6. The highest BCUT2D eigenvalue weighted by Gasteiger charge is 2.25. The first-order valence-corrected chi connectivity index (χ1v) is 10.6. The van der Waals surface area contributed by atoms with Gasteiger partial charge in [0, 0.05) is 45.3 Å². The van der Waals surface area contributed by atoms with E-state index >= 15 is 0 Å². The number of hydrogen-bond donors (Lipinski definition) is 1. The second-order valence-electron chi connectivity index (χ2n) is 6.69. The van der Waals surface area contributed by atoms with Gasteiger partial charge in [-0.3, -0.25) is 14.0 Å². The van der Waals surface area contributed by atoms with Gasteiger partial charge in [-0.25, -0.2) is 8.42 Å². The van der Waals surface area contributed by atoms with Crippen LogP contribution in [0, 0.1) is 0 Å². The average Bonchev–Trinajstić information content (AvgIpc) is 2.74. The molecule has 2 aromatic carbocycles. The normalized spacial score (nSPS) is 15.4. The van der Waals surface area contributed by atoms with Gasteiger partial charge in [0.1, 0.15) is 0 Å². The molecule has 0 unspecified atom stereocenters. The molecule has 1 saturated heterocycles. The van der Waals surface area contributed by atoms with Gasteiger partial charge >= 0.3 is 0 Å². The lowest BCUT2D eigenvalue weighted by atomic mass is 10.2. The Morgan fingerprint density at radius 1 is 1.04 bits per heavy atom. The molecule has 0 bridgehead atoms. The van der Waals surface area contributed by atoms with Gasteiger partial charge in [-0.2, -0.15) is 0 Å². The van der Waals surface area contributed by atoms with Crippen LogP contribution in [0.4, 0.5) is 5.69 Å². The quantitative estimate of drug-likeness (QED) is 0.785. The fraction of sp³-hybridized carbons (Fsp3) is 0.350. The van der Waals surface area contributed by atoms with Crippen molar-refractivity contribution in [2.75, 3.05) is 50.7 Å². The van der Waals surface area contributed by atoms with Crippen molar-refractivity contribution in [2.45, 2.75) is 4.90 Å². The molecule has 7 nitrogen and oxygen atoms in total. The third-order valence-corrected chi connectivity index (χ3v) is 6.72. The number of benzene rings is 2. The van der Waals surface area contributed by atoms with Crippen LogP contribution in [-0.2, 0) is 10.0 Å². The number of aliphatic hydroxyl groups is 1. The zero-order chi connectivity index (χ0) is 20.1. The van der Waals surface area contributed by atoms with E-state index in [-0.39, 0.29) is 17.4 Å². The molecular formula is C20H25N3O4S. The minimum Gasteiger partial charge on any atom is -0.395 e. The second kappa shape index (κ2) is 8.72. The molecule has 1 heterocycles. The average molecular weight is 404 g/mol. The largest absolute Gasteiger partial charge is 0.395 e. The Bertz CT molecular complexity index is 910. The topological polar surface area (TPSA) is 81.2 Å². The van der Waals surface area contributed by atoms with Crippen molar-refractivity contribution in [3.05, 3.63) is 60.2 Å². The molecule has 150 valence electrons. The van der Waals surface area contributed by atoms with E-state index in [1.165, 1.54) is 23.5 Å². The predicted octanol–water partition coefficient (Wildman–Crippen LogP) is 1.26. The lowest BCUT2D eigenvalue weighted by Crippen LogP contribution is -2.49. The first-order valence-electron chi connectivity index (χ1n) is 9.20. The van der Waals surface area contributed by atoms with Gasteiger partial charge in [0.05, 0.1) is 17.2 Å². The van der Waals surface area contributed by atoms with Crippen LogP contribution in [0.15, 0.2) is 59.5 Å². The summed E-state index contributed by atoms with van der Waals surface area (Å²) in [5, 5.41) is 9.02. The van der Waals surface area contributed by atoms with E-state index in [1.807, 2.05) is 6.07 Å². The van der Waals surface area contributed by atoms with Crippen molar-refractivity contribution in [1.29, 1.82) is 0 Å². The number of carbonyl (C=O) groups excluding carboxylic acids is 1. The van der Waals surface area contributed by atoms with Crippen LogP contribution >= 0.6 is 0 Å². The van der Waals surface area contributed by atoms with Crippen molar-refractivity contribution in [3.8, 4) is 0 Å². The van der Waals surface area contributed by atoms with Crippen LogP contribution < -0.4 is 4.31 Å². The Hall–Kier alpha value is -2.42. The Morgan fingerprint density at radius 2 is 1.71 bits per heavy atom. The molecule has 0 aliphatic carbocycles. The Balaban J connectivity index is 1.78. The van der Waals surface area contributed by atoms with Crippen LogP contribution in [0.2, 0.25) is 0 Å². The minimum atomic E-state index is -3.77. The van der Waals surface area contributed by atoms with E-state index in [4.69, 9.17) is 5.11 Å². The number of para-hydroxylation sites is 1. The lowest BCUT2D eigenvalue weighted by molar-refractivity contribution is 0.0614. The molecule has 1 aliphatic heterocycles. The number of carbonyl (C=O) groups is 1. The first kappa shape index (κ1) is 20.3. The molecule has 0 atom stereocenters. The van der Waals surface area contributed by atoms with Crippen molar-refractivity contribution in [3.63, 3.8) is 0 Å². The van der Waals surface area contributed by atoms with Gasteiger partial charge in [-0.05, 0) is 30.3 Å². The molecule has 28 heavy (non-hydrogen) atoms. The Labute approximate surface area is 165 Å². The summed E-state index contributed by atoms with van der Waals surface area (Å²) in [5.74, 6) is -0.178. The molecule has 0 spiro atoms. The summed E-state index contributed by atoms with van der Waals surface area (Å²) in [6, 6.07) is 15.0. The third-order valence-electron chi connectivity index (χ3n) is 4.93.